The Balaban J connectivity index is 2.11. The maximum absolute atomic E-state index is 12.5. The highest BCUT2D eigenvalue weighted by molar-refractivity contribution is 5.84. The number of ether oxygens (including phenoxy) is 3. The number of rotatable bonds is 4. The van der Waals surface area contributed by atoms with Gasteiger partial charge in [0.2, 0.25) is 0 Å². The van der Waals surface area contributed by atoms with Crippen molar-refractivity contribution >= 4 is 11.9 Å². The van der Waals surface area contributed by atoms with Gasteiger partial charge >= 0.3 is 11.9 Å². The molecule has 0 aromatic heterocycles. The van der Waals surface area contributed by atoms with E-state index in [9.17, 15) is 9.59 Å². The minimum atomic E-state index is -0.796. The van der Waals surface area contributed by atoms with Crippen LogP contribution in [-0.2, 0) is 23.8 Å². The zero-order valence-corrected chi connectivity index (χ0v) is 13.7. The first-order chi connectivity index (χ1) is 10.5. The topological polar surface area (TPSA) is 61.8 Å². The molecule has 2 aliphatic heterocycles. The molecule has 0 radical (unpaired) electrons. The van der Waals surface area contributed by atoms with Crippen molar-refractivity contribution < 1.29 is 23.8 Å². The van der Waals surface area contributed by atoms with Crippen molar-refractivity contribution in [2.24, 2.45) is 17.8 Å². The monoisotopic (exact) mass is 308 g/mol. The molecule has 0 N–H and O–H groups in total. The Morgan fingerprint density at radius 2 is 2.05 bits per heavy atom. The van der Waals surface area contributed by atoms with Gasteiger partial charge < -0.3 is 14.2 Å². The molecule has 22 heavy (non-hydrogen) atoms. The average Bonchev–Trinajstić information content (AvgIpc) is 3.10. The van der Waals surface area contributed by atoms with Gasteiger partial charge in [0, 0.05) is 0 Å². The van der Waals surface area contributed by atoms with Crippen molar-refractivity contribution in [1.82, 2.24) is 0 Å². The third-order valence-corrected chi connectivity index (χ3v) is 5.93. The van der Waals surface area contributed by atoms with E-state index in [1.807, 2.05) is 6.92 Å². The summed E-state index contributed by atoms with van der Waals surface area (Å²) in [7, 11) is 1.33. The van der Waals surface area contributed by atoms with Crippen LogP contribution in [-0.4, -0.2) is 30.3 Å². The van der Waals surface area contributed by atoms with Gasteiger partial charge in [-0.15, -0.1) is 0 Å². The van der Waals surface area contributed by atoms with Gasteiger partial charge in [0.05, 0.1) is 25.0 Å². The molecule has 0 spiro atoms. The largest absolute Gasteiger partial charge is 0.487 e. The summed E-state index contributed by atoms with van der Waals surface area (Å²) in [6, 6.07) is 0. The van der Waals surface area contributed by atoms with Crippen LogP contribution in [0.15, 0.2) is 11.8 Å². The Morgan fingerprint density at radius 3 is 2.59 bits per heavy atom. The minimum absolute atomic E-state index is 0.00311. The lowest BCUT2D eigenvalue weighted by molar-refractivity contribution is -0.151. The first-order valence-corrected chi connectivity index (χ1v) is 8.20. The molecule has 2 saturated heterocycles. The summed E-state index contributed by atoms with van der Waals surface area (Å²) in [5.41, 5.74) is -1.19. The molecule has 0 aromatic rings. The fourth-order valence-corrected chi connectivity index (χ4v) is 4.88. The molecule has 3 fully saturated rings. The van der Waals surface area contributed by atoms with Crippen molar-refractivity contribution in [3.63, 3.8) is 0 Å². The van der Waals surface area contributed by atoms with Gasteiger partial charge in [-0.2, -0.15) is 0 Å². The predicted octanol–water partition coefficient (Wildman–Crippen LogP) is 2.59. The van der Waals surface area contributed by atoms with Crippen LogP contribution in [0.25, 0.3) is 0 Å². The highest BCUT2D eigenvalue weighted by Gasteiger charge is 2.75. The van der Waals surface area contributed by atoms with Gasteiger partial charge in [0.15, 0.2) is 5.60 Å². The number of hydrogen-bond acceptors (Lipinski definition) is 5. The first kappa shape index (κ1) is 15.4. The summed E-state index contributed by atoms with van der Waals surface area (Å²) >= 11 is 0. The molecule has 5 atom stereocenters. The summed E-state index contributed by atoms with van der Waals surface area (Å²) in [5, 5.41) is 0. The normalized spacial score (nSPS) is 43.9. The molecule has 3 aliphatic rings. The molecule has 0 amide bonds. The Bertz CT molecular complexity index is 539. The van der Waals surface area contributed by atoms with E-state index in [-0.39, 0.29) is 17.8 Å². The van der Waals surface area contributed by atoms with E-state index >= 15 is 0 Å². The zero-order valence-electron chi connectivity index (χ0n) is 13.7. The van der Waals surface area contributed by atoms with Crippen LogP contribution in [0.1, 0.15) is 46.5 Å². The van der Waals surface area contributed by atoms with E-state index < -0.39 is 17.2 Å². The zero-order chi connectivity index (χ0) is 16.1. The van der Waals surface area contributed by atoms with Crippen molar-refractivity contribution in [3.05, 3.63) is 11.8 Å². The predicted molar refractivity (Wildman–Crippen MR) is 78.7 cm³/mol. The summed E-state index contributed by atoms with van der Waals surface area (Å²) in [6.07, 6.45) is 4.57. The molecule has 1 aliphatic carbocycles. The Morgan fingerprint density at radius 1 is 1.32 bits per heavy atom. The quantitative estimate of drug-likeness (QED) is 0.590. The van der Waals surface area contributed by atoms with E-state index in [1.165, 1.54) is 13.2 Å². The van der Waals surface area contributed by atoms with Crippen molar-refractivity contribution in [1.29, 1.82) is 0 Å². The third kappa shape index (κ3) is 1.71. The average molecular weight is 308 g/mol. The molecule has 0 bridgehead atoms. The van der Waals surface area contributed by atoms with Crippen LogP contribution in [0.2, 0.25) is 0 Å². The molecule has 0 aromatic carbocycles. The van der Waals surface area contributed by atoms with Crippen LogP contribution in [0.5, 0.6) is 0 Å². The first-order valence-electron chi connectivity index (χ1n) is 8.20. The van der Waals surface area contributed by atoms with Crippen LogP contribution < -0.4 is 0 Å². The van der Waals surface area contributed by atoms with Gasteiger partial charge in [-0.3, -0.25) is 4.79 Å². The lowest BCUT2D eigenvalue weighted by Gasteiger charge is -2.28. The Hall–Kier alpha value is -1.52. The summed E-state index contributed by atoms with van der Waals surface area (Å²) in [6.45, 7) is 6.17. The fourth-order valence-electron chi connectivity index (χ4n) is 4.88. The smallest absolute Gasteiger partial charge is 0.334 e. The van der Waals surface area contributed by atoms with Gasteiger partial charge in [0.25, 0.3) is 0 Å². The summed E-state index contributed by atoms with van der Waals surface area (Å²) < 4.78 is 16.8. The third-order valence-electron chi connectivity index (χ3n) is 5.93. The number of carbonyl (C=O) groups is 2. The highest BCUT2D eigenvalue weighted by Crippen LogP contribution is 2.66. The van der Waals surface area contributed by atoms with E-state index in [1.54, 1.807) is 0 Å². The van der Waals surface area contributed by atoms with Crippen molar-refractivity contribution in [3.8, 4) is 0 Å². The van der Waals surface area contributed by atoms with E-state index in [2.05, 4.69) is 13.8 Å². The van der Waals surface area contributed by atoms with Crippen molar-refractivity contribution in [2.75, 3.05) is 7.11 Å². The number of esters is 2. The van der Waals surface area contributed by atoms with Crippen LogP contribution >= 0.6 is 0 Å². The van der Waals surface area contributed by atoms with Gasteiger partial charge in [-0.1, -0.05) is 27.2 Å². The molecule has 5 heteroatoms. The van der Waals surface area contributed by atoms with Gasteiger partial charge in [0.1, 0.15) is 11.4 Å². The second kappa shape index (κ2) is 5.00. The van der Waals surface area contributed by atoms with E-state index in [4.69, 9.17) is 14.2 Å². The maximum atomic E-state index is 12.5. The van der Waals surface area contributed by atoms with Crippen molar-refractivity contribution in [2.45, 2.75) is 57.7 Å². The molecular formula is C17H24O5. The van der Waals surface area contributed by atoms with Crippen LogP contribution in [0.4, 0.5) is 0 Å². The van der Waals surface area contributed by atoms with Crippen LogP contribution in [0.3, 0.4) is 0 Å². The molecular weight excluding hydrogens is 284 g/mol. The second-order valence-corrected chi connectivity index (χ2v) is 6.59. The lowest BCUT2D eigenvalue weighted by atomic mass is 9.74. The van der Waals surface area contributed by atoms with E-state index in [0.29, 0.717) is 18.1 Å². The Labute approximate surface area is 131 Å². The number of carbonyl (C=O) groups excluding carboxylic acids is 2. The Kier molecular flexibility index (Phi) is 3.49. The molecule has 5 nitrogen and oxygen atoms in total. The number of methoxy groups -OCH3 is 1. The number of hydrogen-bond donors (Lipinski definition) is 0. The second-order valence-electron chi connectivity index (χ2n) is 6.59. The molecule has 2 heterocycles. The minimum Gasteiger partial charge on any atom is -0.487 e. The van der Waals surface area contributed by atoms with Gasteiger partial charge in [-0.05, 0) is 25.2 Å². The molecule has 3 rings (SSSR count). The highest BCUT2D eigenvalue weighted by atomic mass is 16.6. The molecule has 0 unspecified atom stereocenters. The fraction of sp³-hybridized carbons (Fsp3) is 0.765. The molecule has 122 valence electrons. The van der Waals surface area contributed by atoms with E-state index in [0.717, 1.165) is 19.3 Å². The SMILES string of the molecule is CC[C@@H]1C[C@@]2(CC)O/C(=C\C(=O)OC)[C@@]3(CC)OC(=O)[C@@H]1[C@@H]23. The summed E-state index contributed by atoms with van der Waals surface area (Å²) in [4.78, 5) is 24.2. The van der Waals surface area contributed by atoms with Gasteiger partial charge in [-0.25, -0.2) is 4.79 Å². The maximum Gasteiger partial charge on any atom is 0.334 e. The van der Waals surface area contributed by atoms with Crippen LogP contribution in [0, 0.1) is 17.8 Å². The summed E-state index contributed by atoms with van der Waals surface area (Å²) in [5.74, 6) is 0.0511. The molecule has 1 saturated carbocycles. The lowest BCUT2D eigenvalue weighted by Crippen LogP contribution is -2.40. The standard InChI is InChI=1S/C17H24O5/c1-5-10-9-16(6-2)14-13(10)15(19)22-17(14,7-3)11(21-16)8-12(18)20-4/h8,10,13-14H,5-7,9H2,1-4H3/b11-8-/t10-,13+,14+,16-,17-/m1/s1.